The van der Waals surface area contributed by atoms with Gasteiger partial charge in [0.1, 0.15) is 0 Å². The van der Waals surface area contributed by atoms with E-state index in [0.29, 0.717) is 0 Å². The van der Waals surface area contributed by atoms with E-state index in [9.17, 15) is 0 Å². The lowest BCUT2D eigenvalue weighted by Crippen LogP contribution is -2.09. The molecule has 208 valence electrons. The Kier molecular flexibility index (Phi) is 6.51. The van der Waals surface area contributed by atoms with Gasteiger partial charge in [0, 0.05) is 33.5 Å². The highest BCUT2D eigenvalue weighted by molar-refractivity contribution is 6.15. The maximum atomic E-state index is 2.38. The van der Waals surface area contributed by atoms with Gasteiger partial charge in [0.25, 0.3) is 0 Å². The summed E-state index contributed by atoms with van der Waals surface area (Å²) in [7, 11) is 0. The zero-order valence-electron chi connectivity index (χ0n) is 24.2. The van der Waals surface area contributed by atoms with Gasteiger partial charge in [-0.25, -0.2) is 0 Å². The fourth-order valence-corrected chi connectivity index (χ4v) is 6.41. The van der Waals surface area contributed by atoms with Gasteiger partial charge in [0.15, 0.2) is 0 Å². The first-order valence-electron chi connectivity index (χ1n) is 15.0. The van der Waals surface area contributed by atoms with Gasteiger partial charge in [-0.2, -0.15) is 0 Å². The average Bonchev–Trinajstić information content (AvgIpc) is 3.45. The zero-order valence-corrected chi connectivity index (χ0v) is 24.2. The molecule has 0 aliphatic rings. The number of rotatable bonds is 6. The van der Waals surface area contributed by atoms with Crippen LogP contribution < -0.4 is 4.90 Å². The summed E-state index contributed by atoms with van der Waals surface area (Å²) in [6, 6.07) is 65.0. The molecule has 0 saturated carbocycles. The number of hydrogen-bond acceptors (Lipinski definition) is 1. The second-order valence-electron chi connectivity index (χ2n) is 11.0. The first kappa shape index (κ1) is 25.8. The zero-order chi connectivity index (χ0) is 29.3. The normalized spacial score (nSPS) is 11.2. The minimum atomic E-state index is 1.12. The SMILES string of the molecule is c1ccc(N(c2ccccc2)c2cccc(-c3cccc(-c4cccc5c4c4ccccc4n5-c4ccccc4)c3)c2)cc1. The van der Waals surface area contributed by atoms with Gasteiger partial charge in [-0.3, -0.25) is 0 Å². The van der Waals surface area contributed by atoms with Gasteiger partial charge in [0.2, 0.25) is 0 Å². The number of anilines is 3. The summed E-state index contributed by atoms with van der Waals surface area (Å²) >= 11 is 0. The van der Waals surface area contributed by atoms with Crippen molar-refractivity contribution in [2.75, 3.05) is 4.90 Å². The molecule has 0 saturated heterocycles. The number of benzene rings is 7. The number of aromatic nitrogens is 1. The third-order valence-corrected chi connectivity index (χ3v) is 8.35. The van der Waals surface area contributed by atoms with Gasteiger partial charge in [-0.15, -0.1) is 0 Å². The Morgan fingerprint density at radius 3 is 1.61 bits per heavy atom. The van der Waals surface area contributed by atoms with Crippen LogP contribution in [0, 0.1) is 0 Å². The summed E-state index contributed by atoms with van der Waals surface area (Å²) in [5, 5.41) is 2.54. The van der Waals surface area contributed by atoms with Crippen molar-refractivity contribution in [3.05, 3.63) is 182 Å². The first-order chi connectivity index (χ1) is 21.8. The lowest BCUT2D eigenvalue weighted by Gasteiger charge is -2.26. The highest BCUT2D eigenvalue weighted by Gasteiger charge is 2.17. The van der Waals surface area contributed by atoms with E-state index in [4.69, 9.17) is 0 Å². The van der Waals surface area contributed by atoms with Crippen LogP contribution >= 0.6 is 0 Å². The molecule has 0 aliphatic heterocycles. The molecule has 2 nitrogen and oxygen atoms in total. The van der Waals surface area contributed by atoms with E-state index in [1.54, 1.807) is 0 Å². The Morgan fingerprint density at radius 1 is 0.364 bits per heavy atom. The topological polar surface area (TPSA) is 8.17 Å². The largest absolute Gasteiger partial charge is 0.310 e. The molecule has 0 amide bonds. The second kappa shape index (κ2) is 11.1. The molecule has 0 spiro atoms. The summed E-state index contributed by atoms with van der Waals surface area (Å²) in [4.78, 5) is 2.31. The molecule has 8 aromatic rings. The highest BCUT2D eigenvalue weighted by atomic mass is 15.1. The predicted molar refractivity (Wildman–Crippen MR) is 186 cm³/mol. The van der Waals surface area contributed by atoms with Crippen LogP contribution in [0.1, 0.15) is 0 Å². The smallest absolute Gasteiger partial charge is 0.0547 e. The molecular weight excluding hydrogens is 532 g/mol. The van der Waals surface area contributed by atoms with Crippen LogP contribution in [0.3, 0.4) is 0 Å². The number of para-hydroxylation sites is 4. The molecule has 0 N–H and O–H groups in total. The minimum absolute atomic E-state index is 1.12. The van der Waals surface area contributed by atoms with Gasteiger partial charge < -0.3 is 9.47 Å². The van der Waals surface area contributed by atoms with Crippen LogP contribution in [0.2, 0.25) is 0 Å². The number of hydrogen-bond donors (Lipinski definition) is 0. The fourth-order valence-electron chi connectivity index (χ4n) is 6.41. The predicted octanol–water partition coefficient (Wildman–Crippen LogP) is 11.6. The number of nitrogens with zero attached hydrogens (tertiary/aromatic N) is 2. The van der Waals surface area contributed by atoms with Crippen molar-refractivity contribution in [3.8, 4) is 27.9 Å². The van der Waals surface area contributed by atoms with Gasteiger partial charge in [-0.1, -0.05) is 115 Å². The minimum Gasteiger partial charge on any atom is -0.310 e. The van der Waals surface area contributed by atoms with Crippen LogP contribution in [0.15, 0.2) is 182 Å². The summed E-state index contributed by atoms with van der Waals surface area (Å²) in [5.74, 6) is 0. The van der Waals surface area contributed by atoms with Crippen LogP contribution in [0.4, 0.5) is 17.1 Å². The summed E-state index contributed by atoms with van der Waals surface area (Å²) < 4.78 is 2.38. The lowest BCUT2D eigenvalue weighted by atomic mass is 9.95. The van der Waals surface area contributed by atoms with Crippen LogP contribution in [0.5, 0.6) is 0 Å². The summed E-state index contributed by atoms with van der Waals surface area (Å²) in [6.07, 6.45) is 0. The molecule has 0 unspecified atom stereocenters. The van der Waals surface area contributed by atoms with Crippen molar-refractivity contribution in [1.82, 2.24) is 4.57 Å². The van der Waals surface area contributed by atoms with E-state index < -0.39 is 0 Å². The third-order valence-electron chi connectivity index (χ3n) is 8.35. The number of fused-ring (bicyclic) bond motifs is 3. The van der Waals surface area contributed by atoms with Crippen molar-refractivity contribution in [2.45, 2.75) is 0 Å². The molecule has 1 aromatic heterocycles. The van der Waals surface area contributed by atoms with Crippen molar-refractivity contribution in [3.63, 3.8) is 0 Å². The maximum Gasteiger partial charge on any atom is 0.0547 e. The fraction of sp³-hybridized carbons (Fsp3) is 0. The molecule has 0 fully saturated rings. The Morgan fingerprint density at radius 2 is 0.886 bits per heavy atom. The van der Waals surface area contributed by atoms with Gasteiger partial charge >= 0.3 is 0 Å². The molecule has 1 heterocycles. The van der Waals surface area contributed by atoms with E-state index in [0.717, 1.165) is 17.1 Å². The molecule has 0 atom stereocenters. The summed E-state index contributed by atoms with van der Waals surface area (Å²) in [6.45, 7) is 0. The molecule has 0 radical (unpaired) electrons. The first-order valence-corrected chi connectivity index (χ1v) is 15.0. The van der Waals surface area contributed by atoms with Crippen molar-refractivity contribution >= 4 is 38.9 Å². The molecule has 0 aliphatic carbocycles. The van der Waals surface area contributed by atoms with E-state index in [2.05, 4.69) is 191 Å². The van der Waals surface area contributed by atoms with Crippen molar-refractivity contribution in [2.24, 2.45) is 0 Å². The van der Waals surface area contributed by atoms with Crippen LogP contribution in [0.25, 0.3) is 49.7 Å². The van der Waals surface area contributed by atoms with Crippen molar-refractivity contribution in [1.29, 1.82) is 0 Å². The summed E-state index contributed by atoms with van der Waals surface area (Å²) in [5.41, 5.74) is 11.8. The maximum absolute atomic E-state index is 2.38. The average molecular weight is 563 g/mol. The second-order valence-corrected chi connectivity index (χ2v) is 11.0. The lowest BCUT2D eigenvalue weighted by molar-refractivity contribution is 1.18. The van der Waals surface area contributed by atoms with E-state index in [1.165, 1.54) is 49.7 Å². The third kappa shape index (κ3) is 4.54. The highest BCUT2D eigenvalue weighted by Crippen LogP contribution is 2.40. The van der Waals surface area contributed by atoms with Gasteiger partial charge in [-0.05, 0) is 89.0 Å². The quantitative estimate of drug-likeness (QED) is 0.196. The van der Waals surface area contributed by atoms with E-state index in [1.807, 2.05) is 0 Å². The van der Waals surface area contributed by atoms with Crippen LogP contribution in [-0.2, 0) is 0 Å². The Bertz CT molecular complexity index is 2170. The Labute approximate surface area is 257 Å². The molecule has 2 heteroatoms. The van der Waals surface area contributed by atoms with Crippen LogP contribution in [-0.4, -0.2) is 4.57 Å². The molecule has 0 bridgehead atoms. The Hall–Kier alpha value is -5.86. The Balaban J connectivity index is 1.26. The molecule has 44 heavy (non-hydrogen) atoms. The molecule has 7 aromatic carbocycles. The van der Waals surface area contributed by atoms with E-state index in [-0.39, 0.29) is 0 Å². The molecular formula is C42H30N2. The molecule has 8 rings (SSSR count). The van der Waals surface area contributed by atoms with E-state index >= 15 is 0 Å². The van der Waals surface area contributed by atoms with Gasteiger partial charge in [0.05, 0.1) is 11.0 Å². The standard InChI is InChI=1S/C42H30N2/c1-4-18-34(19-5-1)43(35-20-6-2-7-21-35)37-24-13-16-32(30-37)31-15-12-17-33(29-31)38-26-14-28-41-42(38)39-25-10-11-27-40(39)44(41)36-22-8-3-9-23-36/h1-30H. The monoisotopic (exact) mass is 562 g/mol. The van der Waals surface area contributed by atoms with Crippen molar-refractivity contribution < 1.29 is 0 Å².